The number of fused-ring (bicyclic) bond motifs is 2. The van der Waals surface area contributed by atoms with Gasteiger partial charge in [-0.05, 0) is 114 Å². The van der Waals surface area contributed by atoms with Crippen molar-refractivity contribution in [2.24, 2.45) is 0 Å². The standard InChI is InChI=1S/C62H80N12O8/c1-39(63-3)55(75)67-49-37-71(35-33-47-29-31-51(73(47)59(49)79)57(77)69-53(41-17-9-5-10-18-41)42-19-11-6-12-20-42)61(81)65-45-25-27-46(28-26-45)66-62(82)72-36-34-48-30-32-52(74(48)60(80)50(38-72)68-56(76)40(2)64-4)58(78)70-54(43-21-13-7-14-22-43)44-23-15-8-16-24-44/h5-24,39-40,45-54,63-64H,25-38H2,1-4H3,(H,65,81)(H,66,82)(H,67,75)(H,68,76)(H,69,77)(H,70,78)/t39-,40-,45?,46?,47+,48+,49-,50-,51-,52?/m0/s1. The molecule has 4 aromatic carbocycles. The van der Waals surface area contributed by atoms with E-state index in [0.717, 1.165) is 22.3 Å². The van der Waals surface area contributed by atoms with Gasteiger partial charge in [-0.25, -0.2) is 9.59 Å². The van der Waals surface area contributed by atoms with Crippen LogP contribution in [0.25, 0.3) is 0 Å². The summed E-state index contributed by atoms with van der Waals surface area (Å²) < 4.78 is 0. The second-order valence-corrected chi connectivity index (χ2v) is 22.6. The van der Waals surface area contributed by atoms with Gasteiger partial charge in [0.25, 0.3) is 0 Å². The second-order valence-electron chi connectivity index (χ2n) is 22.6. The van der Waals surface area contributed by atoms with Gasteiger partial charge >= 0.3 is 12.1 Å². The van der Waals surface area contributed by atoms with Crippen LogP contribution in [0.4, 0.5) is 9.59 Å². The van der Waals surface area contributed by atoms with Crippen molar-refractivity contribution in [1.82, 2.24) is 62.1 Å². The molecule has 1 aliphatic carbocycles. The fraction of sp³-hybridized carbons (Fsp3) is 0.484. The zero-order valence-corrected chi connectivity index (χ0v) is 47.4. The molecule has 0 spiro atoms. The molecule has 0 aromatic heterocycles. The number of nitrogens with one attached hydrogen (secondary N) is 8. The van der Waals surface area contributed by atoms with Crippen LogP contribution >= 0.6 is 0 Å². The maximum atomic E-state index is 14.8. The van der Waals surface area contributed by atoms with Crippen molar-refractivity contribution in [3.63, 3.8) is 0 Å². The third kappa shape index (κ3) is 13.9. The highest BCUT2D eigenvalue weighted by molar-refractivity contribution is 5.96. The summed E-state index contributed by atoms with van der Waals surface area (Å²) in [5, 5.41) is 24.5. The highest BCUT2D eigenvalue weighted by atomic mass is 16.2. The Balaban J connectivity index is 0.818. The first-order chi connectivity index (χ1) is 39.7. The van der Waals surface area contributed by atoms with Gasteiger partial charge in [0.2, 0.25) is 35.4 Å². The van der Waals surface area contributed by atoms with Crippen LogP contribution in [0.15, 0.2) is 121 Å². The molecule has 4 aliphatic heterocycles. The zero-order valence-electron chi connectivity index (χ0n) is 47.4. The molecular weight excluding hydrogens is 1040 g/mol. The van der Waals surface area contributed by atoms with Crippen LogP contribution in [0.3, 0.4) is 0 Å². The molecule has 436 valence electrons. The lowest BCUT2D eigenvalue weighted by Crippen LogP contribution is -2.63. The molecule has 9 rings (SSSR count). The van der Waals surface area contributed by atoms with Gasteiger partial charge in [-0.15, -0.1) is 0 Å². The van der Waals surface area contributed by atoms with Gasteiger partial charge < -0.3 is 62.1 Å². The summed E-state index contributed by atoms with van der Waals surface area (Å²) in [6.07, 6.45) is 5.04. The molecule has 4 saturated heterocycles. The first kappa shape index (κ1) is 58.8. The third-order valence-corrected chi connectivity index (χ3v) is 17.3. The van der Waals surface area contributed by atoms with Crippen molar-refractivity contribution >= 4 is 47.5 Å². The van der Waals surface area contributed by atoms with Gasteiger partial charge in [-0.3, -0.25) is 28.8 Å². The van der Waals surface area contributed by atoms with Crippen LogP contribution in [-0.4, -0.2) is 168 Å². The Morgan fingerprint density at radius 3 is 1.05 bits per heavy atom. The Labute approximate surface area is 480 Å². The van der Waals surface area contributed by atoms with Crippen LogP contribution in [-0.2, 0) is 28.8 Å². The van der Waals surface area contributed by atoms with Crippen LogP contribution in [0.5, 0.6) is 0 Å². The fourth-order valence-corrected chi connectivity index (χ4v) is 12.4. The molecule has 1 saturated carbocycles. The molecule has 0 radical (unpaired) electrons. The number of hydrogen-bond acceptors (Lipinski definition) is 10. The van der Waals surface area contributed by atoms with Crippen LogP contribution in [0.1, 0.15) is 112 Å². The van der Waals surface area contributed by atoms with E-state index in [4.69, 9.17) is 0 Å². The summed E-state index contributed by atoms with van der Waals surface area (Å²) in [5.74, 6) is -2.24. The van der Waals surface area contributed by atoms with Crippen LogP contribution < -0.4 is 42.5 Å². The van der Waals surface area contributed by atoms with Crippen molar-refractivity contribution in [2.75, 3.05) is 40.3 Å². The van der Waals surface area contributed by atoms with Gasteiger partial charge in [-0.2, -0.15) is 0 Å². The van der Waals surface area contributed by atoms with Crippen molar-refractivity contribution in [2.45, 2.75) is 151 Å². The summed E-state index contributed by atoms with van der Waals surface area (Å²) in [7, 11) is 3.30. The summed E-state index contributed by atoms with van der Waals surface area (Å²) in [4.78, 5) is 120. The third-order valence-electron chi connectivity index (χ3n) is 17.3. The fourth-order valence-electron chi connectivity index (χ4n) is 12.4. The Hall–Kier alpha value is -7.84. The average molecular weight is 1120 g/mol. The van der Waals surface area contributed by atoms with E-state index in [9.17, 15) is 38.4 Å². The van der Waals surface area contributed by atoms with E-state index in [2.05, 4.69) is 42.5 Å². The molecule has 20 nitrogen and oxygen atoms in total. The van der Waals surface area contributed by atoms with Crippen molar-refractivity contribution in [3.05, 3.63) is 144 Å². The largest absolute Gasteiger partial charge is 0.343 e. The quantitative estimate of drug-likeness (QED) is 0.0806. The van der Waals surface area contributed by atoms with Gasteiger partial charge in [0.1, 0.15) is 24.2 Å². The second kappa shape index (κ2) is 27.3. The van der Waals surface area contributed by atoms with Crippen LogP contribution in [0, 0.1) is 0 Å². The van der Waals surface area contributed by atoms with E-state index < -0.39 is 72.0 Å². The van der Waals surface area contributed by atoms with E-state index in [-0.39, 0.29) is 74.2 Å². The lowest BCUT2D eigenvalue weighted by Gasteiger charge is -2.40. The highest BCUT2D eigenvalue weighted by Crippen LogP contribution is 2.34. The van der Waals surface area contributed by atoms with E-state index in [0.29, 0.717) is 64.2 Å². The monoisotopic (exact) mass is 1120 g/mol. The van der Waals surface area contributed by atoms with E-state index in [1.807, 2.05) is 121 Å². The molecule has 4 heterocycles. The number of carbonyl (C=O) groups is 8. The summed E-state index contributed by atoms with van der Waals surface area (Å²) in [6, 6.07) is 30.8. The van der Waals surface area contributed by atoms with E-state index >= 15 is 0 Å². The number of benzene rings is 4. The minimum Gasteiger partial charge on any atom is -0.343 e. The lowest BCUT2D eigenvalue weighted by molar-refractivity contribution is -0.145. The Bertz CT molecular complexity index is 2590. The van der Waals surface area contributed by atoms with E-state index in [1.54, 1.807) is 47.5 Å². The highest BCUT2D eigenvalue weighted by Gasteiger charge is 2.48. The Morgan fingerprint density at radius 2 is 0.744 bits per heavy atom. The molecule has 4 aromatic rings. The first-order valence-electron chi connectivity index (χ1n) is 29.2. The lowest BCUT2D eigenvalue weighted by atomic mass is 9.91. The Morgan fingerprint density at radius 1 is 0.427 bits per heavy atom. The number of urea groups is 2. The molecular formula is C62H80N12O8. The number of likely N-dealkylation sites (N-methyl/N-ethyl adjacent to an activating group) is 2. The maximum absolute atomic E-state index is 14.8. The Kier molecular flexibility index (Phi) is 19.6. The molecule has 1 unspecified atom stereocenters. The average Bonchev–Trinajstić information content (AvgIpc) is 4.22. The molecule has 10 amide bonds. The number of rotatable bonds is 16. The molecule has 8 N–H and O–H groups in total. The van der Waals surface area contributed by atoms with Gasteiger partial charge in [-0.1, -0.05) is 121 Å². The normalized spacial score (nSPS) is 24.6. The van der Waals surface area contributed by atoms with Crippen molar-refractivity contribution in [3.8, 4) is 0 Å². The SMILES string of the molecule is CN[C@@H](C)C(=O)N[C@H]1CN(C(=O)NC2CCC(NC(=O)N3CC[C@H]4CC[C@@H](C(=O)NC(c5ccccc5)c5ccccc5)N4C(=O)[C@@H](NC(=O)[C@H](C)NC)C3)CC2)CC[C@H]2CCC(C(=O)NC(c3ccccc3)c3ccccc3)N2C1=O. The van der Waals surface area contributed by atoms with Gasteiger partial charge in [0, 0.05) is 37.3 Å². The number of carbonyl (C=O) groups excluding carboxylic acids is 8. The molecule has 20 heteroatoms. The maximum Gasteiger partial charge on any atom is 0.317 e. The summed E-state index contributed by atoms with van der Waals surface area (Å²) in [5.41, 5.74) is 3.60. The predicted octanol–water partition coefficient (Wildman–Crippen LogP) is 3.84. The predicted molar refractivity (Wildman–Crippen MR) is 309 cm³/mol. The molecule has 5 aliphatic rings. The topological polar surface area (TPSA) is 246 Å². The molecule has 0 bridgehead atoms. The smallest absolute Gasteiger partial charge is 0.317 e. The van der Waals surface area contributed by atoms with Gasteiger partial charge in [0.15, 0.2) is 0 Å². The number of nitrogens with zero attached hydrogens (tertiary/aromatic N) is 4. The minimum atomic E-state index is -1.12. The first-order valence-corrected chi connectivity index (χ1v) is 29.2. The van der Waals surface area contributed by atoms with Crippen LogP contribution in [0.2, 0.25) is 0 Å². The van der Waals surface area contributed by atoms with Gasteiger partial charge in [0.05, 0.1) is 37.3 Å². The molecule has 8 atom stereocenters. The van der Waals surface area contributed by atoms with E-state index in [1.165, 1.54) is 0 Å². The number of amides is 10. The van der Waals surface area contributed by atoms with Crippen molar-refractivity contribution in [1.29, 1.82) is 0 Å². The summed E-state index contributed by atoms with van der Waals surface area (Å²) in [6.45, 7) is 3.73. The van der Waals surface area contributed by atoms with Crippen molar-refractivity contribution < 1.29 is 38.4 Å². The zero-order chi connectivity index (χ0) is 57.9. The number of hydrogen-bond donors (Lipinski definition) is 8. The molecule has 5 fully saturated rings. The summed E-state index contributed by atoms with van der Waals surface area (Å²) >= 11 is 0. The minimum absolute atomic E-state index is 0.102. The molecule has 82 heavy (non-hydrogen) atoms.